The molecule has 20 heavy (non-hydrogen) atoms. The Morgan fingerprint density at radius 1 is 1.30 bits per heavy atom. The van der Waals surface area contributed by atoms with E-state index in [1.165, 1.54) is 5.56 Å². The first-order valence-corrected chi connectivity index (χ1v) is 7.76. The molecule has 0 aliphatic heterocycles. The molecule has 0 saturated heterocycles. The summed E-state index contributed by atoms with van der Waals surface area (Å²) in [6.45, 7) is 0.756. The van der Waals surface area contributed by atoms with Crippen molar-refractivity contribution in [2.75, 3.05) is 13.0 Å². The van der Waals surface area contributed by atoms with Crippen LogP contribution in [-0.2, 0) is 13.0 Å². The summed E-state index contributed by atoms with van der Waals surface area (Å²) in [4.78, 5) is 9.14. The molecule has 0 bridgehead atoms. The fourth-order valence-corrected chi connectivity index (χ4v) is 2.98. The van der Waals surface area contributed by atoms with Crippen molar-refractivity contribution in [3.8, 4) is 5.88 Å². The van der Waals surface area contributed by atoms with Crippen LogP contribution in [0.25, 0.3) is 11.2 Å². The molecule has 0 saturated carbocycles. The first-order chi connectivity index (χ1) is 9.81. The Kier molecular flexibility index (Phi) is 3.89. The molecule has 6 heteroatoms. The fraction of sp³-hybridized carbons (Fsp3) is 0.286. The maximum absolute atomic E-state index is 5.88. The van der Waals surface area contributed by atoms with E-state index < -0.39 is 0 Å². The fourth-order valence-electron chi connectivity index (χ4n) is 2.15. The van der Waals surface area contributed by atoms with Crippen molar-refractivity contribution in [2.24, 2.45) is 0 Å². The Bertz CT molecular complexity index is 709. The molecule has 4 nitrogen and oxygen atoms in total. The molecular weight excluding hydrogens is 294 g/mol. The average molecular weight is 308 g/mol. The van der Waals surface area contributed by atoms with Crippen LogP contribution in [0.3, 0.4) is 0 Å². The van der Waals surface area contributed by atoms with Gasteiger partial charge >= 0.3 is 0 Å². The third-order valence-corrected chi connectivity index (χ3v) is 4.01. The van der Waals surface area contributed by atoms with Crippen LogP contribution in [0, 0.1) is 0 Å². The van der Waals surface area contributed by atoms with Gasteiger partial charge in [0.1, 0.15) is 11.3 Å². The zero-order chi connectivity index (χ0) is 13.9. The van der Waals surface area contributed by atoms with E-state index in [1.54, 1.807) is 18.4 Å². The van der Waals surface area contributed by atoms with Crippen LogP contribution in [-0.4, -0.2) is 27.5 Å². The van der Waals surface area contributed by atoms with Crippen LogP contribution >= 0.6 is 22.9 Å². The Hall–Kier alpha value is -1.59. The zero-order valence-electron chi connectivity index (χ0n) is 11.0. The summed E-state index contributed by atoms with van der Waals surface area (Å²) in [6, 6.07) is 5.87. The number of hydrogen-bond donors (Lipinski definition) is 0. The number of alkyl halides is 1. The second-order valence-corrected chi connectivity index (χ2v) is 5.54. The van der Waals surface area contributed by atoms with Crippen LogP contribution in [0.1, 0.15) is 11.4 Å². The Morgan fingerprint density at radius 2 is 2.20 bits per heavy atom. The van der Waals surface area contributed by atoms with Gasteiger partial charge in [-0.15, -0.1) is 11.6 Å². The molecule has 0 N–H and O–H groups in total. The second-order valence-electron chi connectivity index (χ2n) is 4.38. The van der Waals surface area contributed by atoms with E-state index in [4.69, 9.17) is 16.3 Å². The van der Waals surface area contributed by atoms with E-state index in [0.717, 1.165) is 30.0 Å². The predicted octanol–water partition coefficient (Wildman–Crippen LogP) is 3.33. The Morgan fingerprint density at radius 3 is 2.90 bits per heavy atom. The number of fused-ring (bicyclic) bond motifs is 1. The molecule has 0 radical (unpaired) electrons. The number of aromatic nitrogens is 3. The van der Waals surface area contributed by atoms with Crippen LogP contribution in [0.5, 0.6) is 5.88 Å². The van der Waals surface area contributed by atoms with E-state index in [2.05, 4.69) is 31.4 Å². The van der Waals surface area contributed by atoms with Crippen molar-refractivity contribution in [2.45, 2.75) is 13.0 Å². The van der Waals surface area contributed by atoms with Gasteiger partial charge in [0.15, 0.2) is 5.65 Å². The molecule has 3 heterocycles. The second kappa shape index (κ2) is 5.81. The number of rotatable bonds is 5. The molecule has 0 amide bonds. The summed E-state index contributed by atoms with van der Waals surface area (Å²) in [6.07, 6.45) is 0.727. The number of nitrogens with zero attached hydrogens (tertiary/aromatic N) is 3. The highest BCUT2D eigenvalue weighted by atomic mass is 35.5. The quantitative estimate of drug-likeness (QED) is 0.679. The molecule has 0 atom stereocenters. The number of thiophene rings is 1. The molecule has 0 fully saturated rings. The Balaban J connectivity index is 2.11. The van der Waals surface area contributed by atoms with Crippen LogP contribution < -0.4 is 4.74 Å². The van der Waals surface area contributed by atoms with Crippen molar-refractivity contribution in [3.05, 3.63) is 40.3 Å². The summed E-state index contributed by atoms with van der Waals surface area (Å²) in [7, 11) is 1.62. The smallest absolute Gasteiger partial charge is 0.215 e. The van der Waals surface area contributed by atoms with E-state index in [1.807, 2.05) is 12.1 Å². The van der Waals surface area contributed by atoms with Gasteiger partial charge in [0, 0.05) is 18.4 Å². The molecule has 0 aliphatic carbocycles. The van der Waals surface area contributed by atoms with Gasteiger partial charge in [0.25, 0.3) is 0 Å². The molecule has 3 aromatic heterocycles. The predicted molar refractivity (Wildman–Crippen MR) is 81.9 cm³/mol. The van der Waals surface area contributed by atoms with Gasteiger partial charge in [-0.05, 0) is 28.5 Å². The highest BCUT2D eigenvalue weighted by Crippen LogP contribution is 2.20. The van der Waals surface area contributed by atoms with Gasteiger partial charge < -0.3 is 9.30 Å². The number of pyridine rings is 1. The van der Waals surface area contributed by atoms with Gasteiger partial charge in [0.05, 0.1) is 13.7 Å². The van der Waals surface area contributed by atoms with Crippen LogP contribution in [0.4, 0.5) is 0 Å². The topological polar surface area (TPSA) is 39.9 Å². The lowest BCUT2D eigenvalue weighted by atomic mass is 10.3. The first kappa shape index (κ1) is 13.4. The monoisotopic (exact) mass is 307 g/mol. The van der Waals surface area contributed by atoms with Crippen molar-refractivity contribution in [1.29, 1.82) is 0 Å². The number of halogens is 1. The molecular formula is C14H14ClN3OS. The standard InChI is InChI=1S/C14H14ClN3OS/c1-19-13-3-2-11-14(17-13)18(12(16-11)4-6-15)8-10-5-7-20-9-10/h2-3,5,7,9H,4,6,8H2,1H3. The molecule has 0 aromatic carbocycles. The number of imidazole rings is 1. The lowest BCUT2D eigenvalue weighted by Gasteiger charge is -2.07. The average Bonchev–Trinajstić information content (AvgIpc) is 3.08. The minimum atomic E-state index is 0.546. The third kappa shape index (κ3) is 2.51. The number of methoxy groups -OCH3 is 1. The first-order valence-electron chi connectivity index (χ1n) is 6.29. The molecule has 0 aliphatic rings. The third-order valence-electron chi connectivity index (χ3n) is 3.09. The lowest BCUT2D eigenvalue weighted by molar-refractivity contribution is 0.399. The number of aryl methyl sites for hydroxylation is 1. The van der Waals surface area contributed by atoms with Crippen LogP contribution in [0.2, 0.25) is 0 Å². The van der Waals surface area contributed by atoms with Gasteiger partial charge in [-0.3, -0.25) is 0 Å². The van der Waals surface area contributed by atoms with Crippen molar-refractivity contribution >= 4 is 34.1 Å². The van der Waals surface area contributed by atoms with Crippen LogP contribution in [0.15, 0.2) is 29.0 Å². The summed E-state index contributed by atoms with van der Waals surface area (Å²) < 4.78 is 7.32. The maximum atomic E-state index is 5.88. The summed E-state index contributed by atoms with van der Waals surface area (Å²) in [5, 5.41) is 4.21. The minimum Gasteiger partial charge on any atom is -0.481 e. The molecule has 3 rings (SSSR count). The summed E-state index contributed by atoms with van der Waals surface area (Å²) in [5.41, 5.74) is 2.96. The van der Waals surface area contributed by atoms with Gasteiger partial charge in [-0.2, -0.15) is 16.3 Å². The normalized spacial score (nSPS) is 11.1. The van der Waals surface area contributed by atoms with E-state index in [9.17, 15) is 0 Å². The van der Waals surface area contributed by atoms with Crippen molar-refractivity contribution < 1.29 is 4.74 Å². The highest BCUT2D eigenvalue weighted by molar-refractivity contribution is 7.07. The van der Waals surface area contributed by atoms with E-state index >= 15 is 0 Å². The maximum Gasteiger partial charge on any atom is 0.215 e. The Labute approximate surface area is 126 Å². The molecule has 3 aromatic rings. The molecule has 0 unspecified atom stereocenters. The van der Waals surface area contributed by atoms with Gasteiger partial charge in [0.2, 0.25) is 5.88 Å². The zero-order valence-corrected chi connectivity index (χ0v) is 12.6. The van der Waals surface area contributed by atoms with E-state index in [0.29, 0.717) is 11.8 Å². The molecule has 104 valence electrons. The lowest BCUT2D eigenvalue weighted by Crippen LogP contribution is -2.06. The van der Waals surface area contributed by atoms with Gasteiger partial charge in [-0.25, -0.2) is 4.98 Å². The van der Waals surface area contributed by atoms with Crippen molar-refractivity contribution in [3.63, 3.8) is 0 Å². The minimum absolute atomic E-state index is 0.546. The summed E-state index contributed by atoms with van der Waals surface area (Å²) >= 11 is 7.57. The molecule has 0 spiro atoms. The van der Waals surface area contributed by atoms with Crippen molar-refractivity contribution in [1.82, 2.24) is 14.5 Å². The van der Waals surface area contributed by atoms with Gasteiger partial charge in [-0.1, -0.05) is 0 Å². The largest absolute Gasteiger partial charge is 0.481 e. The number of hydrogen-bond acceptors (Lipinski definition) is 4. The van der Waals surface area contributed by atoms with E-state index in [-0.39, 0.29) is 0 Å². The SMILES string of the molecule is COc1ccc2nc(CCCl)n(Cc3ccsc3)c2n1. The summed E-state index contributed by atoms with van der Waals surface area (Å²) in [5.74, 6) is 2.10. The number of ether oxygens (including phenoxy) is 1. The highest BCUT2D eigenvalue weighted by Gasteiger charge is 2.13.